The molecule has 1 aromatic carbocycles. The third-order valence-corrected chi connectivity index (χ3v) is 3.75. The second-order valence-corrected chi connectivity index (χ2v) is 5.70. The van der Waals surface area contributed by atoms with E-state index in [0.717, 1.165) is 12.1 Å². The highest BCUT2D eigenvalue weighted by Crippen LogP contribution is 2.57. The number of hydrogen-bond donors (Lipinski definition) is 0. The monoisotopic (exact) mass is 400 g/mol. The van der Waals surface area contributed by atoms with Gasteiger partial charge in [-0.3, -0.25) is 0 Å². The van der Waals surface area contributed by atoms with Crippen LogP contribution >= 0.6 is 11.8 Å². The minimum atomic E-state index is -6.94. The van der Waals surface area contributed by atoms with E-state index in [-0.39, 0.29) is 12.2 Å². The predicted molar refractivity (Wildman–Crippen MR) is 69.2 cm³/mol. The summed E-state index contributed by atoms with van der Waals surface area (Å²) in [6.07, 6.45) is -6.87. The van der Waals surface area contributed by atoms with Gasteiger partial charge in [-0.1, -0.05) is 0 Å². The number of ether oxygens (including phenoxy) is 1. The first-order chi connectivity index (χ1) is 11.2. The fourth-order valence-corrected chi connectivity index (χ4v) is 2.27. The summed E-state index contributed by atoms with van der Waals surface area (Å²) in [6.45, 7) is 1.47. The summed E-state index contributed by atoms with van der Waals surface area (Å²) in [5, 5.41) is -5.78. The van der Waals surface area contributed by atoms with Crippen molar-refractivity contribution >= 4 is 17.7 Å². The van der Waals surface area contributed by atoms with Crippen molar-refractivity contribution in [3.05, 3.63) is 29.8 Å². The standard InChI is InChI=1S/C13H9F9O2S/c1-2-24-9(23)7-3-5-8(6-4-7)25-13(21,22)11(16,17)10(14,15)12(18,19)20/h3-6H,2H2,1H3. The Balaban J connectivity index is 3.06. The summed E-state index contributed by atoms with van der Waals surface area (Å²) in [5.74, 6) is -14.5. The zero-order valence-corrected chi connectivity index (χ0v) is 13.0. The highest BCUT2D eigenvalue weighted by molar-refractivity contribution is 8.00. The maximum atomic E-state index is 13.4. The van der Waals surface area contributed by atoms with Gasteiger partial charge in [0.15, 0.2) is 0 Å². The summed E-state index contributed by atoms with van der Waals surface area (Å²) in [4.78, 5) is 10.6. The quantitative estimate of drug-likeness (QED) is 0.364. The fourth-order valence-electron chi connectivity index (χ4n) is 1.45. The number of hydrogen-bond acceptors (Lipinski definition) is 3. The van der Waals surface area contributed by atoms with Gasteiger partial charge in [0, 0.05) is 4.90 Å². The molecule has 2 nitrogen and oxygen atoms in total. The molecule has 0 amide bonds. The van der Waals surface area contributed by atoms with E-state index in [1.807, 2.05) is 0 Å². The van der Waals surface area contributed by atoms with Crippen LogP contribution in [0.15, 0.2) is 29.2 Å². The van der Waals surface area contributed by atoms with Crippen LogP contribution < -0.4 is 0 Å². The van der Waals surface area contributed by atoms with Crippen molar-refractivity contribution in [1.82, 2.24) is 0 Å². The first-order valence-electron chi connectivity index (χ1n) is 6.33. The van der Waals surface area contributed by atoms with Gasteiger partial charge >= 0.3 is 29.2 Å². The van der Waals surface area contributed by atoms with Gasteiger partial charge in [0.2, 0.25) is 0 Å². The maximum Gasteiger partial charge on any atom is 0.460 e. The Bertz CT molecular complexity index is 611. The molecule has 142 valence electrons. The number of esters is 1. The molecule has 0 saturated heterocycles. The van der Waals surface area contributed by atoms with Crippen molar-refractivity contribution in [3.8, 4) is 0 Å². The molecule has 0 aliphatic heterocycles. The van der Waals surface area contributed by atoms with Gasteiger partial charge in [0.25, 0.3) is 0 Å². The van der Waals surface area contributed by atoms with Gasteiger partial charge < -0.3 is 4.74 Å². The smallest absolute Gasteiger partial charge is 0.460 e. The Morgan fingerprint density at radius 3 is 1.80 bits per heavy atom. The summed E-state index contributed by atoms with van der Waals surface area (Å²) in [5.41, 5.74) is -0.151. The summed E-state index contributed by atoms with van der Waals surface area (Å²) < 4.78 is 119. The van der Waals surface area contributed by atoms with E-state index >= 15 is 0 Å². The minimum Gasteiger partial charge on any atom is -0.462 e. The number of halogens is 9. The third-order valence-electron chi connectivity index (χ3n) is 2.73. The van der Waals surface area contributed by atoms with E-state index in [1.54, 1.807) is 0 Å². The average molecular weight is 400 g/mol. The first-order valence-corrected chi connectivity index (χ1v) is 7.15. The van der Waals surface area contributed by atoms with Crippen molar-refractivity contribution in [3.63, 3.8) is 0 Å². The van der Waals surface area contributed by atoms with Crippen LogP contribution in [0.25, 0.3) is 0 Å². The molecule has 0 spiro atoms. The zero-order valence-electron chi connectivity index (χ0n) is 12.1. The van der Waals surface area contributed by atoms with Crippen molar-refractivity contribution in [2.24, 2.45) is 0 Å². The van der Waals surface area contributed by atoms with Gasteiger partial charge in [-0.05, 0) is 43.0 Å². The van der Waals surface area contributed by atoms with Crippen LogP contribution in [0.5, 0.6) is 0 Å². The lowest BCUT2D eigenvalue weighted by molar-refractivity contribution is -0.381. The van der Waals surface area contributed by atoms with Crippen molar-refractivity contribution in [2.45, 2.75) is 35.1 Å². The van der Waals surface area contributed by atoms with E-state index in [1.165, 1.54) is 6.92 Å². The lowest BCUT2D eigenvalue weighted by atomic mass is 10.1. The first kappa shape index (κ1) is 21.5. The Hall–Kier alpha value is -1.59. The second kappa shape index (κ2) is 6.96. The second-order valence-electron chi connectivity index (χ2n) is 4.51. The number of carbonyl (C=O) groups is 1. The van der Waals surface area contributed by atoms with Gasteiger partial charge in [0.1, 0.15) is 0 Å². The molecule has 1 rings (SSSR count). The van der Waals surface area contributed by atoms with Gasteiger partial charge in [-0.2, -0.15) is 39.5 Å². The molecule has 0 radical (unpaired) electrons. The molecule has 0 saturated carbocycles. The number of rotatable bonds is 6. The number of thioether (sulfide) groups is 1. The van der Waals surface area contributed by atoms with Crippen LogP contribution in [0.1, 0.15) is 17.3 Å². The number of benzene rings is 1. The molecule has 0 bridgehead atoms. The van der Waals surface area contributed by atoms with Crippen LogP contribution in [-0.4, -0.2) is 35.9 Å². The van der Waals surface area contributed by atoms with Crippen molar-refractivity contribution in [2.75, 3.05) is 6.61 Å². The predicted octanol–water partition coefficient (Wildman–Crippen LogP) is 5.38. The number of alkyl halides is 9. The molecule has 25 heavy (non-hydrogen) atoms. The molecule has 1 aromatic rings. The minimum absolute atomic E-state index is 0.00778. The van der Waals surface area contributed by atoms with Gasteiger partial charge in [0.05, 0.1) is 12.2 Å². The highest BCUT2D eigenvalue weighted by atomic mass is 32.2. The molecular weight excluding hydrogens is 391 g/mol. The van der Waals surface area contributed by atoms with Crippen LogP contribution in [0.4, 0.5) is 39.5 Å². The van der Waals surface area contributed by atoms with Crippen LogP contribution in [0.3, 0.4) is 0 Å². The van der Waals surface area contributed by atoms with Crippen molar-refractivity contribution < 1.29 is 49.0 Å². The lowest BCUT2D eigenvalue weighted by Crippen LogP contribution is -2.59. The largest absolute Gasteiger partial charge is 0.462 e. The molecule has 0 fully saturated rings. The van der Waals surface area contributed by atoms with E-state index in [9.17, 15) is 44.3 Å². The van der Waals surface area contributed by atoms with Crippen molar-refractivity contribution in [1.29, 1.82) is 0 Å². The molecule has 0 aromatic heterocycles. The molecule has 0 atom stereocenters. The summed E-state index contributed by atoms with van der Waals surface area (Å²) >= 11 is -1.19. The molecule has 0 aliphatic rings. The Kier molecular flexibility index (Phi) is 5.97. The third kappa shape index (κ3) is 4.15. The molecule has 0 aliphatic carbocycles. The average Bonchev–Trinajstić information content (AvgIpc) is 2.46. The summed E-state index contributed by atoms with van der Waals surface area (Å²) in [7, 11) is 0. The van der Waals surface area contributed by atoms with Crippen LogP contribution in [0.2, 0.25) is 0 Å². The fraction of sp³-hybridized carbons (Fsp3) is 0.462. The molecule has 0 heterocycles. The Labute approximate surface area is 139 Å². The SMILES string of the molecule is CCOC(=O)c1ccc(SC(F)(F)C(F)(F)C(F)(F)C(F)(F)F)cc1. The normalized spacial score (nSPS) is 13.7. The molecule has 12 heteroatoms. The zero-order chi connectivity index (χ0) is 19.7. The van der Waals surface area contributed by atoms with E-state index < -0.39 is 45.9 Å². The Morgan fingerprint density at radius 1 is 0.920 bits per heavy atom. The Morgan fingerprint density at radius 2 is 1.40 bits per heavy atom. The van der Waals surface area contributed by atoms with Gasteiger partial charge in [-0.25, -0.2) is 4.79 Å². The number of carbonyl (C=O) groups excluding carboxylic acids is 1. The summed E-state index contributed by atoms with van der Waals surface area (Å²) in [6, 6.07) is 3.12. The maximum absolute atomic E-state index is 13.4. The van der Waals surface area contributed by atoms with E-state index in [2.05, 4.69) is 4.74 Å². The molecular formula is C13H9F9O2S. The van der Waals surface area contributed by atoms with E-state index in [4.69, 9.17) is 0 Å². The van der Waals surface area contributed by atoms with E-state index in [0.29, 0.717) is 12.1 Å². The molecule has 0 N–H and O–H groups in total. The van der Waals surface area contributed by atoms with Crippen LogP contribution in [-0.2, 0) is 4.74 Å². The topological polar surface area (TPSA) is 26.3 Å². The van der Waals surface area contributed by atoms with Gasteiger partial charge in [-0.15, -0.1) is 0 Å². The molecule has 0 unspecified atom stereocenters. The highest BCUT2D eigenvalue weighted by Gasteiger charge is 2.82. The lowest BCUT2D eigenvalue weighted by Gasteiger charge is -2.33. The van der Waals surface area contributed by atoms with Crippen LogP contribution in [0, 0.1) is 0 Å².